The number of halogens is 4. The number of nitrogens with zero attached hydrogens (tertiary/aromatic N) is 1. The van der Waals surface area contributed by atoms with Crippen molar-refractivity contribution in [1.82, 2.24) is 5.32 Å². The van der Waals surface area contributed by atoms with Gasteiger partial charge >= 0.3 is 5.97 Å². The number of aryl methyl sites for hydroxylation is 1. The minimum absolute atomic E-state index is 0.00467. The number of ether oxygens (including phenoxy) is 1. The van der Waals surface area contributed by atoms with Crippen LogP contribution in [-0.2, 0) is 27.2 Å². The van der Waals surface area contributed by atoms with Crippen molar-refractivity contribution in [2.45, 2.75) is 58.0 Å². The lowest BCUT2D eigenvalue weighted by Gasteiger charge is -2.27. The lowest BCUT2D eigenvalue weighted by Crippen LogP contribution is -2.53. The van der Waals surface area contributed by atoms with E-state index in [2.05, 4.69) is 5.32 Å². The van der Waals surface area contributed by atoms with Gasteiger partial charge in [-0.25, -0.2) is 13.6 Å². The normalized spacial score (nSPS) is 19.7. The zero-order valence-corrected chi connectivity index (χ0v) is 19.2. The molecule has 0 spiro atoms. The Morgan fingerprint density at radius 1 is 1.14 bits per heavy atom. The van der Waals surface area contributed by atoms with Crippen molar-refractivity contribution in [3.63, 3.8) is 0 Å². The van der Waals surface area contributed by atoms with Crippen molar-refractivity contribution in [2.75, 3.05) is 4.90 Å². The predicted octanol–water partition coefficient (Wildman–Crippen LogP) is 3.97. The molecule has 2 aliphatic heterocycles. The average Bonchev–Trinajstić information content (AvgIpc) is 3.16. The maximum absolute atomic E-state index is 14.1. The molecule has 2 aromatic rings. The Morgan fingerprint density at radius 3 is 2.46 bits per heavy atom. The van der Waals surface area contributed by atoms with E-state index in [0.29, 0.717) is 17.7 Å². The molecule has 35 heavy (non-hydrogen) atoms. The van der Waals surface area contributed by atoms with Crippen molar-refractivity contribution >= 4 is 23.5 Å². The Balaban J connectivity index is 1.64. The van der Waals surface area contributed by atoms with Gasteiger partial charge in [0.25, 0.3) is 0 Å². The van der Waals surface area contributed by atoms with Gasteiger partial charge in [0.1, 0.15) is 12.1 Å². The Kier molecular flexibility index (Phi) is 6.82. The molecule has 0 aromatic heterocycles. The van der Waals surface area contributed by atoms with Crippen LogP contribution in [0.1, 0.15) is 44.2 Å². The highest BCUT2D eigenvalue weighted by molar-refractivity contribution is 6.07. The lowest BCUT2D eigenvalue weighted by molar-refractivity contribution is -0.138. The fraction of sp³-hybridized carbons (Fsp3) is 0.400. The monoisotopic (exact) mass is 492 g/mol. The van der Waals surface area contributed by atoms with Gasteiger partial charge in [0.2, 0.25) is 29.2 Å². The molecule has 1 N–H and O–H groups in total. The zero-order valence-electron chi connectivity index (χ0n) is 19.2. The van der Waals surface area contributed by atoms with E-state index in [0.717, 1.165) is 12.0 Å². The van der Waals surface area contributed by atoms with Gasteiger partial charge in [-0.05, 0) is 29.9 Å². The quantitative estimate of drug-likeness (QED) is 0.287. The summed E-state index contributed by atoms with van der Waals surface area (Å²) < 4.78 is 60.2. The van der Waals surface area contributed by atoms with E-state index < -0.39 is 53.0 Å². The summed E-state index contributed by atoms with van der Waals surface area (Å²) in [4.78, 5) is 40.2. The smallest absolute Gasteiger partial charge is 0.335 e. The molecular weight excluding hydrogens is 468 g/mol. The summed E-state index contributed by atoms with van der Waals surface area (Å²) in [6.45, 7) is 3.86. The molecule has 0 radical (unpaired) electrons. The first kappa shape index (κ1) is 24.7. The molecule has 2 aliphatic rings. The number of amides is 2. The predicted molar refractivity (Wildman–Crippen MR) is 118 cm³/mol. The first-order chi connectivity index (χ1) is 16.6. The van der Waals surface area contributed by atoms with Gasteiger partial charge in [-0.2, -0.15) is 8.78 Å². The van der Waals surface area contributed by atoms with E-state index in [9.17, 15) is 31.9 Å². The third kappa shape index (κ3) is 4.61. The highest BCUT2D eigenvalue weighted by atomic mass is 19.2. The number of para-hydroxylation sites is 1. The molecule has 2 aromatic carbocycles. The van der Waals surface area contributed by atoms with E-state index in [1.165, 1.54) is 4.90 Å². The van der Waals surface area contributed by atoms with Crippen molar-refractivity contribution in [3.05, 3.63) is 58.7 Å². The molecule has 186 valence electrons. The molecule has 4 rings (SSSR count). The fourth-order valence-corrected chi connectivity index (χ4v) is 4.48. The first-order valence-corrected chi connectivity index (χ1v) is 11.4. The van der Waals surface area contributed by atoms with Gasteiger partial charge in [-0.15, -0.1) is 0 Å². The molecule has 6 nitrogen and oxygen atoms in total. The van der Waals surface area contributed by atoms with Crippen LogP contribution in [0.5, 0.6) is 5.75 Å². The van der Waals surface area contributed by atoms with Crippen LogP contribution >= 0.6 is 0 Å². The maximum atomic E-state index is 14.1. The first-order valence-electron chi connectivity index (χ1n) is 11.4. The van der Waals surface area contributed by atoms with Gasteiger partial charge in [0, 0.05) is 18.9 Å². The number of carbonyl (C=O) groups excluding carboxylic acids is 3. The van der Waals surface area contributed by atoms with Gasteiger partial charge in [-0.3, -0.25) is 14.5 Å². The zero-order chi connectivity index (χ0) is 25.4. The van der Waals surface area contributed by atoms with Gasteiger partial charge in [0.05, 0.1) is 5.69 Å². The molecule has 0 aliphatic carbocycles. The van der Waals surface area contributed by atoms with Crippen LogP contribution in [-0.4, -0.2) is 29.9 Å². The number of hydrogen-bond donors (Lipinski definition) is 1. The summed E-state index contributed by atoms with van der Waals surface area (Å²) in [6, 6.07) is 2.99. The van der Waals surface area contributed by atoms with Gasteiger partial charge < -0.3 is 10.1 Å². The fourth-order valence-electron chi connectivity index (χ4n) is 4.48. The third-order valence-corrected chi connectivity index (χ3v) is 6.52. The van der Waals surface area contributed by atoms with Crippen LogP contribution < -0.4 is 15.0 Å². The topological polar surface area (TPSA) is 75.7 Å². The second-order valence-electron chi connectivity index (χ2n) is 8.95. The van der Waals surface area contributed by atoms with Crippen molar-refractivity contribution in [2.24, 2.45) is 5.92 Å². The second kappa shape index (κ2) is 9.67. The number of esters is 1. The number of carbonyl (C=O) groups is 3. The largest absolute Gasteiger partial charge is 0.418 e. The summed E-state index contributed by atoms with van der Waals surface area (Å²) in [5.74, 6) is -10.7. The molecule has 3 unspecified atom stereocenters. The summed E-state index contributed by atoms with van der Waals surface area (Å²) in [6.07, 6.45) is 1.72. The van der Waals surface area contributed by atoms with E-state index in [-0.39, 0.29) is 37.2 Å². The SMILES string of the molecule is CCC(C)CC(=O)NC1CCc2cccc3c2N(C1=O)C(C(=O)Oc1c(F)c(F)cc(F)c1F)C3. The Morgan fingerprint density at radius 2 is 1.80 bits per heavy atom. The Labute approximate surface area is 199 Å². The number of anilines is 1. The van der Waals surface area contributed by atoms with Crippen molar-refractivity contribution in [3.8, 4) is 5.75 Å². The second-order valence-corrected chi connectivity index (χ2v) is 8.95. The molecule has 0 bridgehead atoms. The van der Waals surface area contributed by atoms with Crippen molar-refractivity contribution < 1.29 is 36.7 Å². The van der Waals surface area contributed by atoms with E-state index >= 15 is 0 Å². The minimum Gasteiger partial charge on any atom is -0.418 e. The van der Waals surface area contributed by atoms with E-state index in [4.69, 9.17) is 4.74 Å². The summed E-state index contributed by atoms with van der Waals surface area (Å²) in [5, 5.41) is 2.74. The summed E-state index contributed by atoms with van der Waals surface area (Å²) >= 11 is 0. The summed E-state index contributed by atoms with van der Waals surface area (Å²) in [5.41, 5.74) is 1.87. The highest BCUT2D eigenvalue weighted by Gasteiger charge is 2.45. The van der Waals surface area contributed by atoms with Crippen molar-refractivity contribution in [1.29, 1.82) is 0 Å². The molecule has 0 fully saturated rings. The average molecular weight is 492 g/mol. The van der Waals surface area contributed by atoms with Crippen LogP contribution in [0.3, 0.4) is 0 Å². The highest BCUT2D eigenvalue weighted by Crippen LogP contribution is 2.40. The third-order valence-electron chi connectivity index (χ3n) is 6.52. The lowest BCUT2D eigenvalue weighted by atomic mass is 10.0. The minimum atomic E-state index is -1.86. The molecular formula is C25H24F4N2O4. The van der Waals surface area contributed by atoms with Gasteiger partial charge in [-0.1, -0.05) is 38.5 Å². The van der Waals surface area contributed by atoms with Gasteiger partial charge in [0.15, 0.2) is 11.6 Å². The van der Waals surface area contributed by atoms with Crippen LogP contribution in [0.4, 0.5) is 23.2 Å². The number of nitrogens with one attached hydrogen (secondary N) is 1. The van der Waals surface area contributed by atoms with Crippen LogP contribution in [0.15, 0.2) is 24.3 Å². The number of rotatable bonds is 6. The standard InChI is InChI=1S/C25H24F4N2O4/c1-3-12(2)9-19(32)30-17-8-7-13-5-4-6-14-10-18(31(22(13)14)24(17)33)25(34)35-23-20(28)15(26)11-16(27)21(23)29/h4-6,11-12,17-18H,3,7-10H2,1-2H3,(H,30,32). The van der Waals surface area contributed by atoms with Crippen LogP contribution in [0.25, 0.3) is 0 Å². The van der Waals surface area contributed by atoms with E-state index in [1.807, 2.05) is 13.8 Å². The van der Waals surface area contributed by atoms with E-state index in [1.54, 1.807) is 18.2 Å². The molecule has 2 heterocycles. The molecule has 0 saturated carbocycles. The van der Waals surface area contributed by atoms with Crippen LogP contribution in [0.2, 0.25) is 0 Å². The molecule has 10 heteroatoms. The maximum Gasteiger partial charge on any atom is 0.335 e. The summed E-state index contributed by atoms with van der Waals surface area (Å²) in [7, 11) is 0. The Hall–Kier alpha value is -3.43. The van der Waals surface area contributed by atoms with Crippen LogP contribution in [0, 0.1) is 29.2 Å². The molecule has 3 atom stereocenters. The molecule has 2 amide bonds. The number of benzene rings is 2. The Bertz CT molecular complexity index is 1180. The number of hydrogen-bond acceptors (Lipinski definition) is 4. The molecule has 0 saturated heterocycles.